The van der Waals surface area contributed by atoms with E-state index in [0.29, 0.717) is 13.1 Å². The molecule has 0 aromatic carbocycles. The van der Waals surface area contributed by atoms with E-state index in [2.05, 4.69) is 5.32 Å². The Balaban J connectivity index is 1.99. The number of rotatable bonds is 1. The lowest BCUT2D eigenvalue weighted by molar-refractivity contribution is -0.125. The molecule has 0 radical (unpaired) electrons. The predicted octanol–water partition coefficient (Wildman–Crippen LogP) is -1.31. The highest BCUT2D eigenvalue weighted by Gasteiger charge is 2.36. The van der Waals surface area contributed by atoms with Gasteiger partial charge in [0, 0.05) is 19.6 Å². The van der Waals surface area contributed by atoms with Gasteiger partial charge >= 0.3 is 0 Å². The van der Waals surface area contributed by atoms with Gasteiger partial charge in [0.25, 0.3) is 0 Å². The molecule has 2 aliphatic rings. The van der Waals surface area contributed by atoms with Gasteiger partial charge in [-0.25, -0.2) is 0 Å². The minimum absolute atomic E-state index is 0.0359. The van der Waals surface area contributed by atoms with Crippen molar-refractivity contribution in [1.82, 2.24) is 10.2 Å². The van der Waals surface area contributed by atoms with Crippen LogP contribution in [-0.4, -0.2) is 58.9 Å². The molecule has 15 heavy (non-hydrogen) atoms. The van der Waals surface area contributed by atoms with Crippen molar-refractivity contribution in [2.75, 3.05) is 19.6 Å². The maximum Gasteiger partial charge on any atom is 0.237 e. The summed E-state index contributed by atoms with van der Waals surface area (Å²) in [5.41, 5.74) is 0. The number of amides is 1. The fourth-order valence-electron chi connectivity index (χ4n) is 2.32. The van der Waals surface area contributed by atoms with Crippen LogP contribution >= 0.6 is 0 Å². The molecule has 3 N–H and O–H groups in total. The Morgan fingerprint density at radius 3 is 2.53 bits per heavy atom. The molecule has 0 aliphatic carbocycles. The lowest BCUT2D eigenvalue weighted by Gasteiger charge is -2.24. The van der Waals surface area contributed by atoms with Gasteiger partial charge < -0.3 is 15.5 Å². The smallest absolute Gasteiger partial charge is 0.237 e. The maximum atomic E-state index is 11.7. The second kappa shape index (κ2) is 4.47. The van der Waals surface area contributed by atoms with E-state index >= 15 is 0 Å². The first-order valence-electron chi connectivity index (χ1n) is 5.56. The molecule has 0 spiro atoms. The second-order valence-corrected chi connectivity index (χ2v) is 4.39. The highest BCUT2D eigenvalue weighted by Crippen LogP contribution is 2.18. The monoisotopic (exact) mass is 214 g/mol. The van der Waals surface area contributed by atoms with Gasteiger partial charge in [0.05, 0.1) is 18.2 Å². The molecule has 3 unspecified atom stereocenters. The van der Waals surface area contributed by atoms with Crippen LogP contribution in [0.2, 0.25) is 0 Å². The summed E-state index contributed by atoms with van der Waals surface area (Å²) in [4.78, 5) is 13.6. The topological polar surface area (TPSA) is 72.8 Å². The van der Waals surface area contributed by atoms with Crippen LogP contribution < -0.4 is 5.32 Å². The lowest BCUT2D eigenvalue weighted by atomic mass is 10.1. The Morgan fingerprint density at radius 1 is 1.20 bits per heavy atom. The Hall–Kier alpha value is -0.650. The molecular weight excluding hydrogens is 196 g/mol. The first kappa shape index (κ1) is 10.9. The molecule has 0 saturated carbocycles. The van der Waals surface area contributed by atoms with Crippen LogP contribution in [-0.2, 0) is 4.79 Å². The van der Waals surface area contributed by atoms with Crippen LogP contribution in [0.3, 0.4) is 0 Å². The van der Waals surface area contributed by atoms with Crippen molar-refractivity contribution in [3.63, 3.8) is 0 Å². The zero-order valence-electron chi connectivity index (χ0n) is 8.72. The van der Waals surface area contributed by atoms with Crippen molar-refractivity contribution in [1.29, 1.82) is 0 Å². The third-order valence-electron chi connectivity index (χ3n) is 3.23. The van der Waals surface area contributed by atoms with Crippen LogP contribution in [0.4, 0.5) is 0 Å². The van der Waals surface area contributed by atoms with Gasteiger partial charge in [-0.15, -0.1) is 0 Å². The minimum atomic E-state index is -0.707. The van der Waals surface area contributed by atoms with Crippen LogP contribution in [0.1, 0.15) is 19.3 Å². The summed E-state index contributed by atoms with van der Waals surface area (Å²) in [6.07, 6.45) is 1.44. The molecule has 86 valence electrons. The molecule has 2 fully saturated rings. The highest BCUT2D eigenvalue weighted by molar-refractivity contribution is 5.82. The summed E-state index contributed by atoms with van der Waals surface area (Å²) in [6, 6.07) is -0.167. The molecule has 0 aromatic heterocycles. The van der Waals surface area contributed by atoms with E-state index in [1.54, 1.807) is 0 Å². The van der Waals surface area contributed by atoms with Crippen molar-refractivity contribution < 1.29 is 15.0 Å². The number of carbonyl (C=O) groups excluding carboxylic acids is 1. The van der Waals surface area contributed by atoms with Gasteiger partial charge in [-0.1, -0.05) is 0 Å². The summed E-state index contributed by atoms with van der Waals surface area (Å²) in [5, 5.41) is 21.7. The Kier molecular flexibility index (Phi) is 3.23. The molecular formula is C10H18N2O3. The van der Waals surface area contributed by atoms with Crippen molar-refractivity contribution >= 4 is 5.91 Å². The van der Waals surface area contributed by atoms with Crippen molar-refractivity contribution in [2.24, 2.45) is 0 Å². The SMILES string of the molecule is O=C1NCCCCC1N1CC(O)C(O)C1. The first-order chi connectivity index (χ1) is 7.18. The summed E-state index contributed by atoms with van der Waals surface area (Å²) in [6.45, 7) is 1.55. The van der Waals surface area contributed by atoms with Crippen LogP contribution in [0, 0.1) is 0 Å². The lowest BCUT2D eigenvalue weighted by Crippen LogP contribution is -2.45. The van der Waals surface area contributed by atoms with Gasteiger partial charge in [0.15, 0.2) is 0 Å². The summed E-state index contributed by atoms with van der Waals surface area (Å²) >= 11 is 0. The minimum Gasteiger partial charge on any atom is -0.389 e. The van der Waals surface area contributed by atoms with E-state index in [1.165, 1.54) is 0 Å². The number of nitrogens with zero attached hydrogens (tertiary/aromatic N) is 1. The van der Waals surface area contributed by atoms with Gasteiger partial charge in [0.2, 0.25) is 5.91 Å². The Morgan fingerprint density at radius 2 is 1.87 bits per heavy atom. The van der Waals surface area contributed by atoms with E-state index < -0.39 is 12.2 Å². The number of nitrogens with one attached hydrogen (secondary N) is 1. The van der Waals surface area contributed by atoms with Crippen molar-refractivity contribution in [2.45, 2.75) is 37.5 Å². The number of β-amino-alcohol motifs (C(OH)–C–C–N with tert-alkyl or cyclic N) is 2. The number of likely N-dealkylation sites (tertiary alicyclic amines) is 1. The van der Waals surface area contributed by atoms with Crippen LogP contribution in [0.5, 0.6) is 0 Å². The Labute approximate surface area is 89.1 Å². The van der Waals surface area contributed by atoms with E-state index in [4.69, 9.17) is 0 Å². The van der Waals surface area contributed by atoms with E-state index in [1.807, 2.05) is 4.90 Å². The largest absolute Gasteiger partial charge is 0.389 e. The zero-order valence-corrected chi connectivity index (χ0v) is 8.72. The standard InChI is InChI=1S/C10H18N2O3/c13-8-5-12(6-9(8)14)7-3-1-2-4-11-10(7)15/h7-9,13-14H,1-6H2,(H,11,15). The summed E-state index contributed by atoms with van der Waals surface area (Å²) < 4.78 is 0. The van der Waals surface area contributed by atoms with Gasteiger partial charge in [0.1, 0.15) is 0 Å². The molecule has 2 saturated heterocycles. The summed E-state index contributed by atoms with van der Waals surface area (Å²) in [5.74, 6) is 0.0359. The van der Waals surface area contributed by atoms with Gasteiger partial charge in [-0.2, -0.15) is 0 Å². The molecule has 0 bridgehead atoms. The molecule has 5 heteroatoms. The molecule has 5 nitrogen and oxygen atoms in total. The van der Waals surface area contributed by atoms with Crippen LogP contribution in [0.25, 0.3) is 0 Å². The normalized spacial score (nSPS) is 38.8. The number of carbonyl (C=O) groups is 1. The van der Waals surface area contributed by atoms with E-state index in [0.717, 1.165) is 25.8 Å². The van der Waals surface area contributed by atoms with Gasteiger partial charge in [-0.05, 0) is 19.3 Å². The second-order valence-electron chi connectivity index (χ2n) is 4.39. The average molecular weight is 214 g/mol. The number of aliphatic hydroxyl groups excluding tert-OH is 2. The molecule has 2 aliphatic heterocycles. The quantitative estimate of drug-likeness (QED) is 0.507. The molecule has 2 rings (SSSR count). The molecule has 3 atom stereocenters. The number of hydrogen-bond donors (Lipinski definition) is 3. The number of hydrogen-bond acceptors (Lipinski definition) is 4. The van der Waals surface area contributed by atoms with Crippen LogP contribution in [0.15, 0.2) is 0 Å². The fourth-order valence-corrected chi connectivity index (χ4v) is 2.32. The van der Waals surface area contributed by atoms with E-state index in [-0.39, 0.29) is 11.9 Å². The van der Waals surface area contributed by atoms with Gasteiger partial charge in [-0.3, -0.25) is 9.69 Å². The molecule has 1 amide bonds. The Bertz CT molecular complexity index is 237. The fraction of sp³-hybridized carbons (Fsp3) is 0.900. The maximum absolute atomic E-state index is 11.7. The third-order valence-corrected chi connectivity index (χ3v) is 3.23. The average Bonchev–Trinajstić information content (AvgIpc) is 2.41. The third kappa shape index (κ3) is 2.30. The summed E-state index contributed by atoms with van der Waals surface area (Å²) in [7, 11) is 0. The zero-order chi connectivity index (χ0) is 10.8. The van der Waals surface area contributed by atoms with Crippen molar-refractivity contribution in [3.8, 4) is 0 Å². The predicted molar refractivity (Wildman–Crippen MR) is 54.2 cm³/mol. The molecule has 0 aromatic rings. The molecule has 2 heterocycles. The van der Waals surface area contributed by atoms with Crippen molar-refractivity contribution in [3.05, 3.63) is 0 Å². The first-order valence-corrected chi connectivity index (χ1v) is 5.56. The number of aliphatic hydroxyl groups is 2. The van der Waals surface area contributed by atoms with E-state index in [9.17, 15) is 15.0 Å². The highest BCUT2D eigenvalue weighted by atomic mass is 16.3.